The van der Waals surface area contributed by atoms with Crippen LogP contribution in [0.3, 0.4) is 0 Å². The Morgan fingerprint density at radius 1 is 0.944 bits per heavy atom. The minimum absolute atomic E-state index is 0.0137. The molecule has 1 amide bonds. The Morgan fingerprint density at radius 3 is 2.50 bits per heavy atom. The van der Waals surface area contributed by atoms with Crippen LogP contribution < -0.4 is 15.5 Å². The molecular weight excluding hydrogens is 448 g/mol. The summed E-state index contributed by atoms with van der Waals surface area (Å²) < 4.78 is 0. The molecule has 0 aliphatic carbocycles. The molecule has 184 valence electrons. The zero-order chi connectivity index (χ0) is 24.6. The monoisotopic (exact) mass is 480 g/mol. The van der Waals surface area contributed by atoms with E-state index in [4.69, 9.17) is 4.98 Å². The van der Waals surface area contributed by atoms with Crippen LogP contribution in [0.1, 0.15) is 25.0 Å². The average molecular weight is 481 g/mol. The van der Waals surface area contributed by atoms with Crippen molar-refractivity contribution in [1.82, 2.24) is 14.9 Å². The number of aromatic amines is 1. The fourth-order valence-corrected chi connectivity index (χ4v) is 5.17. The zero-order valence-corrected chi connectivity index (χ0v) is 20.8. The van der Waals surface area contributed by atoms with Crippen LogP contribution in [-0.2, 0) is 17.8 Å². The first kappa shape index (κ1) is 22.6. The molecule has 1 fully saturated rings. The maximum absolute atomic E-state index is 11.9. The summed E-state index contributed by atoms with van der Waals surface area (Å²) in [5, 5.41) is 6.27. The van der Waals surface area contributed by atoms with E-state index in [-0.39, 0.29) is 11.9 Å². The van der Waals surface area contributed by atoms with E-state index in [9.17, 15) is 4.79 Å². The highest BCUT2D eigenvalue weighted by molar-refractivity contribution is 6.02. The lowest BCUT2D eigenvalue weighted by atomic mass is 10.1. The van der Waals surface area contributed by atoms with Crippen LogP contribution in [0, 0.1) is 0 Å². The summed E-state index contributed by atoms with van der Waals surface area (Å²) in [5.74, 6) is 0.935. The van der Waals surface area contributed by atoms with Gasteiger partial charge in [0.1, 0.15) is 17.4 Å². The van der Waals surface area contributed by atoms with Crippen LogP contribution in [0.15, 0.2) is 60.7 Å². The first-order valence-electron chi connectivity index (χ1n) is 12.8. The molecule has 3 heterocycles. The second-order valence-corrected chi connectivity index (χ2v) is 9.81. The lowest BCUT2D eigenvalue weighted by Gasteiger charge is -2.36. The number of nitrogens with zero attached hydrogens (tertiary/aromatic N) is 3. The molecule has 36 heavy (non-hydrogen) atoms. The third-order valence-electron chi connectivity index (χ3n) is 7.35. The molecule has 7 nitrogen and oxygen atoms in total. The van der Waals surface area contributed by atoms with Crippen LogP contribution in [0.4, 0.5) is 17.1 Å². The van der Waals surface area contributed by atoms with Crippen LogP contribution >= 0.6 is 0 Å². The van der Waals surface area contributed by atoms with E-state index in [0.29, 0.717) is 0 Å². The number of imidazole rings is 1. The molecule has 2 aliphatic rings. The fourth-order valence-electron chi connectivity index (χ4n) is 5.17. The van der Waals surface area contributed by atoms with E-state index in [1.54, 1.807) is 0 Å². The van der Waals surface area contributed by atoms with Crippen molar-refractivity contribution in [2.24, 2.45) is 0 Å². The summed E-state index contributed by atoms with van der Waals surface area (Å²) in [6.45, 7) is 8.86. The van der Waals surface area contributed by atoms with Gasteiger partial charge < -0.3 is 20.5 Å². The third kappa shape index (κ3) is 4.31. The van der Waals surface area contributed by atoms with Crippen molar-refractivity contribution >= 4 is 34.0 Å². The van der Waals surface area contributed by atoms with Crippen LogP contribution in [0.5, 0.6) is 0 Å². The van der Waals surface area contributed by atoms with Gasteiger partial charge in [-0.15, -0.1) is 0 Å². The van der Waals surface area contributed by atoms with E-state index in [2.05, 4.69) is 86.9 Å². The number of aromatic nitrogens is 2. The molecule has 1 aromatic heterocycles. The Morgan fingerprint density at radius 2 is 1.72 bits per heavy atom. The maximum atomic E-state index is 11.9. The highest BCUT2D eigenvalue weighted by atomic mass is 16.2. The largest absolute Gasteiger partial charge is 0.372 e. The molecule has 4 aromatic rings. The Hall–Kier alpha value is -3.84. The number of carbonyl (C=O) groups excluding carboxylic acids is 1. The quantitative estimate of drug-likeness (QED) is 0.380. The van der Waals surface area contributed by atoms with Gasteiger partial charge in [0.05, 0.1) is 22.6 Å². The van der Waals surface area contributed by atoms with Crippen LogP contribution in [0.25, 0.3) is 22.4 Å². The summed E-state index contributed by atoms with van der Waals surface area (Å²) in [6.07, 6.45) is 1.04. The molecular formula is C29H32N6O. The Labute approximate surface area is 211 Å². The van der Waals surface area contributed by atoms with Crippen molar-refractivity contribution in [1.29, 1.82) is 0 Å². The number of hydrogen-bond acceptors (Lipinski definition) is 5. The lowest BCUT2D eigenvalue weighted by molar-refractivity contribution is -0.116. The number of amides is 1. The van der Waals surface area contributed by atoms with Gasteiger partial charge in [0.2, 0.25) is 5.91 Å². The summed E-state index contributed by atoms with van der Waals surface area (Å²) >= 11 is 0. The van der Waals surface area contributed by atoms with Crippen molar-refractivity contribution in [3.63, 3.8) is 0 Å². The highest BCUT2D eigenvalue weighted by Gasteiger charge is 2.23. The van der Waals surface area contributed by atoms with Gasteiger partial charge in [0, 0.05) is 38.3 Å². The molecule has 1 atom stereocenters. The molecule has 0 spiro atoms. The van der Waals surface area contributed by atoms with Crippen molar-refractivity contribution in [3.8, 4) is 11.4 Å². The predicted molar refractivity (Wildman–Crippen MR) is 147 cm³/mol. The second-order valence-electron chi connectivity index (χ2n) is 9.81. The molecule has 2 aliphatic heterocycles. The minimum Gasteiger partial charge on any atom is -0.372 e. The van der Waals surface area contributed by atoms with Gasteiger partial charge in [-0.2, -0.15) is 0 Å². The first-order chi connectivity index (χ1) is 17.6. The number of aryl methyl sites for hydroxylation is 1. The number of hydrogen-bond donors (Lipinski definition) is 3. The molecule has 7 heteroatoms. The average Bonchev–Trinajstić information content (AvgIpc) is 3.35. The number of nitrogens with one attached hydrogen (secondary N) is 3. The lowest BCUT2D eigenvalue weighted by Crippen LogP contribution is -2.46. The Kier molecular flexibility index (Phi) is 5.85. The van der Waals surface area contributed by atoms with Crippen LogP contribution in [-0.4, -0.2) is 53.0 Å². The van der Waals surface area contributed by atoms with Gasteiger partial charge in [-0.3, -0.25) is 9.69 Å². The van der Waals surface area contributed by atoms with Gasteiger partial charge in [0.15, 0.2) is 0 Å². The highest BCUT2D eigenvalue weighted by Crippen LogP contribution is 2.31. The smallest absolute Gasteiger partial charge is 0.246 e. The number of anilines is 3. The van der Waals surface area contributed by atoms with Crippen molar-refractivity contribution in [2.75, 3.05) is 41.7 Å². The second kappa shape index (κ2) is 9.32. The number of H-pyrrole nitrogens is 1. The maximum Gasteiger partial charge on any atom is 0.246 e. The standard InChI is InChI=1S/C29H32N6O/c1-3-20-7-10-22(11-8-20)28-31-24-5-4-6-26(27(24)33-28)35-15-13-34(14-16-35)18-21-9-12-23-25(17-21)30-19(2)29(36)32-23/h4-12,17,19,30H,3,13-16,18H2,1-2H3,(H,31,33)(H,32,36). The summed E-state index contributed by atoms with van der Waals surface area (Å²) in [7, 11) is 0. The Bertz CT molecular complexity index is 1400. The third-order valence-corrected chi connectivity index (χ3v) is 7.35. The minimum atomic E-state index is -0.211. The van der Waals surface area contributed by atoms with E-state index in [1.165, 1.54) is 16.8 Å². The summed E-state index contributed by atoms with van der Waals surface area (Å²) in [4.78, 5) is 25.4. The van der Waals surface area contributed by atoms with E-state index < -0.39 is 0 Å². The molecule has 0 radical (unpaired) electrons. The van der Waals surface area contributed by atoms with Crippen molar-refractivity contribution in [2.45, 2.75) is 32.9 Å². The number of para-hydroxylation sites is 1. The van der Waals surface area contributed by atoms with Gasteiger partial charge in [0.25, 0.3) is 0 Å². The topological polar surface area (TPSA) is 76.3 Å². The fraction of sp³-hybridized carbons (Fsp3) is 0.310. The van der Waals surface area contributed by atoms with E-state index >= 15 is 0 Å². The number of benzene rings is 3. The van der Waals surface area contributed by atoms with Gasteiger partial charge in [-0.25, -0.2) is 4.98 Å². The molecule has 0 saturated carbocycles. The van der Waals surface area contributed by atoms with E-state index in [0.717, 1.165) is 72.9 Å². The van der Waals surface area contributed by atoms with Crippen LogP contribution in [0.2, 0.25) is 0 Å². The van der Waals surface area contributed by atoms with Gasteiger partial charge in [-0.05, 0) is 48.7 Å². The zero-order valence-electron chi connectivity index (χ0n) is 20.8. The van der Waals surface area contributed by atoms with Crippen molar-refractivity contribution in [3.05, 3.63) is 71.8 Å². The first-order valence-corrected chi connectivity index (χ1v) is 12.8. The number of rotatable bonds is 5. The molecule has 6 rings (SSSR count). The molecule has 3 aromatic carbocycles. The van der Waals surface area contributed by atoms with E-state index in [1.807, 2.05) is 13.0 Å². The number of fused-ring (bicyclic) bond motifs is 2. The predicted octanol–water partition coefficient (Wildman–Crippen LogP) is 4.87. The molecule has 0 bridgehead atoms. The van der Waals surface area contributed by atoms with Crippen molar-refractivity contribution < 1.29 is 4.79 Å². The normalized spacial score (nSPS) is 18.1. The van der Waals surface area contributed by atoms with Gasteiger partial charge in [-0.1, -0.05) is 43.3 Å². The Balaban J connectivity index is 1.14. The molecule has 1 unspecified atom stereocenters. The summed E-state index contributed by atoms with van der Waals surface area (Å²) in [6, 6.07) is 21.1. The number of piperazine rings is 1. The van der Waals surface area contributed by atoms with Gasteiger partial charge >= 0.3 is 0 Å². The SMILES string of the molecule is CCc1ccc(-c2nc3c(N4CCN(Cc5ccc6c(c5)NC(C)C(=O)N6)CC4)cccc3[nH]2)cc1. The molecule has 1 saturated heterocycles. The number of carbonyl (C=O) groups is 1. The summed E-state index contributed by atoms with van der Waals surface area (Å²) in [5.41, 5.74) is 8.88. The molecule has 3 N–H and O–H groups in total.